The Hall–Kier alpha value is -3.90. The van der Waals surface area contributed by atoms with Crippen LogP contribution >= 0.6 is 11.3 Å². The van der Waals surface area contributed by atoms with Gasteiger partial charge in [-0.3, -0.25) is 14.4 Å². The molecule has 0 fully saturated rings. The molecule has 2 aromatic heterocycles. The van der Waals surface area contributed by atoms with Gasteiger partial charge in [-0.05, 0) is 29.8 Å². The summed E-state index contributed by atoms with van der Waals surface area (Å²) in [6.07, 6.45) is 1.46. The molecule has 0 radical (unpaired) electrons. The van der Waals surface area contributed by atoms with Gasteiger partial charge in [-0.15, -0.1) is 11.3 Å². The van der Waals surface area contributed by atoms with Crippen molar-refractivity contribution >= 4 is 34.2 Å². The van der Waals surface area contributed by atoms with E-state index in [1.165, 1.54) is 35.7 Å². The maximum atomic E-state index is 12.6. The number of benzene rings is 1. The molecule has 0 atom stereocenters. The summed E-state index contributed by atoms with van der Waals surface area (Å²) >= 11 is 1.20. The number of methoxy groups -OCH3 is 1. The maximum absolute atomic E-state index is 12.6. The molecular formula is C23H24N4O7S. The largest absolute Gasteiger partial charge is 0.459 e. The van der Waals surface area contributed by atoms with Crippen molar-refractivity contribution in [3.05, 3.63) is 59.0 Å². The molecule has 0 saturated carbocycles. The minimum Gasteiger partial charge on any atom is -0.459 e. The van der Waals surface area contributed by atoms with Gasteiger partial charge in [0.05, 0.1) is 25.0 Å². The summed E-state index contributed by atoms with van der Waals surface area (Å²) in [6, 6.07) is 8.62. The number of carbonyl (C=O) groups is 3. The van der Waals surface area contributed by atoms with Gasteiger partial charge >= 0.3 is 0 Å². The molecule has 0 bridgehead atoms. The minimum atomic E-state index is -0.422. The fourth-order valence-electron chi connectivity index (χ4n) is 3.27. The second-order valence-corrected chi connectivity index (χ2v) is 8.39. The predicted octanol–water partition coefficient (Wildman–Crippen LogP) is 2.05. The quantitative estimate of drug-likeness (QED) is 0.409. The number of ether oxygens (including phenoxy) is 3. The molecule has 1 aliphatic heterocycles. The number of thiazole rings is 1. The van der Waals surface area contributed by atoms with E-state index in [1.54, 1.807) is 17.5 Å². The second-order valence-electron chi connectivity index (χ2n) is 7.53. The smallest absolute Gasteiger partial charge is 0.290 e. The van der Waals surface area contributed by atoms with Crippen molar-refractivity contribution in [1.29, 1.82) is 0 Å². The van der Waals surface area contributed by atoms with E-state index >= 15 is 0 Å². The van der Waals surface area contributed by atoms with Crippen LogP contribution in [0.4, 0.5) is 5.13 Å². The molecule has 0 unspecified atom stereocenters. The van der Waals surface area contributed by atoms with E-state index in [9.17, 15) is 14.4 Å². The summed E-state index contributed by atoms with van der Waals surface area (Å²) in [7, 11) is 1.51. The molecule has 3 aromatic rings. The topological polar surface area (TPSA) is 132 Å². The van der Waals surface area contributed by atoms with Gasteiger partial charge in [0.15, 0.2) is 22.4 Å². The Kier molecular flexibility index (Phi) is 7.95. The summed E-state index contributed by atoms with van der Waals surface area (Å²) in [6.45, 7) is 0.815. The molecule has 3 heterocycles. The lowest BCUT2D eigenvalue weighted by molar-refractivity contribution is -0.120. The van der Waals surface area contributed by atoms with E-state index in [2.05, 4.69) is 15.6 Å². The Morgan fingerprint density at radius 2 is 2.03 bits per heavy atom. The van der Waals surface area contributed by atoms with Crippen molar-refractivity contribution in [2.75, 3.05) is 38.9 Å². The number of amides is 3. The Morgan fingerprint density at radius 1 is 1.17 bits per heavy atom. The molecule has 0 spiro atoms. The molecule has 12 heteroatoms. The van der Waals surface area contributed by atoms with Gasteiger partial charge in [0.25, 0.3) is 5.91 Å². The van der Waals surface area contributed by atoms with Crippen LogP contribution in [-0.4, -0.2) is 61.2 Å². The van der Waals surface area contributed by atoms with Crippen LogP contribution in [0, 0.1) is 0 Å². The van der Waals surface area contributed by atoms with Crippen LogP contribution in [0.15, 0.2) is 46.4 Å². The van der Waals surface area contributed by atoms with Crippen molar-refractivity contribution in [2.45, 2.75) is 13.0 Å². The van der Waals surface area contributed by atoms with Crippen LogP contribution in [0.1, 0.15) is 21.8 Å². The van der Waals surface area contributed by atoms with Gasteiger partial charge in [0, 0.05) is 25.6 Å². The van der Waals surface area contributed by atoms with Crippen molar-refractivity contribution in [1.82, 2.24) is 15.2 Å². The van der Waals surface area contributed by atoms with Gasteiger partial charge in [-0.2, -0.15) is 0 Å². The molecular weight excluding hydrogens is 476 g/mol. The minimum absolute atomic E-state index is 0.0634. The standard InChI is InChI=1S/C23H24N4O7S/c1-31-8-6-27(22(30)18-3-2-7-32-18)12-21(29)26-23-25-16(13-35-23)10-20(28)24-11-15-4-5-17-19(9-15)34-14-33-17/h2-5,7,9,13H,6,8,10-12,14H2,1H3,(H,24,28)(H,25,26,29). The van der Waals surface area contributed by atoms with Crippen molar-refractivity contribution < 1.29 is 33.0 Å². The lowest BCUT2D eigenvalue weighted by Crippen LogP contribution is -2.39. The summed E-state index contributed by atoms with van der Waals surface area (Å²) in [5, 5.41) is 7.55. The molecule has 3 amide bonds. The van der Waals surface area contributed by atoms with Crippen LogP contribution in [0.25, 0.3) is 0 Å². The third kappa shape index (κ3) is 6.58. The van der Waals surface area contributed by atoms with E-state index in [0.29, 0.717) is 28.9 Å². The number of carbonyl (C=O) groups excluding carboxylic acids is 3. The van der Waals surface area contributed by atoms with Gasteiger partial charge < -0.3 is 34.2 Å². The number of nitrogens with one attached hydrogen (secondary N) is 2. The van der Waals surface area contributed by atoms with Crippen molar-refractivity contribution in [3.8, 4) is 11.5 Å². The number of furan rings is 1. The summed E-state index contributed by atoms with van der Waals surface area (Å²) in [5.74, 6) is 0.431. The van der Waals surface area contributed by atoms with Gasteiger partial charge in [-0.1, -0.05) is 6.07 Å². The molecule has 1 aromatic carbocycles. The van der Waals surface area contributed by atoms with Crippen LogP contribution < -0.4 is 20.1 Å². The van der Waals surface area contributed by atoms with Crippen LogP contribution in [0.3, 0.4) is 0 Å². The van der Waals surface area contributed by atoms with Crippen molar-refractivity contribution in [2.24, 2.45) is 0 Å². The van der Waals surface area contributed by atoms with E-state index in [1.807, 2.05) is 12.1 Å². The molecule has 0 saturated heterocycles. The number of rotatable bonds is 11. The van der Waals surface area contributed by atoms with Crippen LogP contribution in [-0.2, 0) is 27.3 Å². The zero-order chi connectivity index (χ0) is 24.6. The number of hydrogen-bond donors (Lipinski definition) is 2. The molecule has 4 rings (SSSR count). The summed E-state index contributed by atoms with van der Waals surface area (Å²) in [4.78, 5) is 43.1. The first-order valence-electron chi connectivity index (χ1n) is 10.7. The Bertz CT molecular complexity index is 1180. The van der Waals surface area contributed by atoms with Gasteiger partial charge in [-0.25, -0.2) is 4.98 Å². The number of anilines is 1. The maximum Gasteiger partial charge on any atom is 0.290 e. The monoisotopic (exact) mass is 500 g/mol. The highest BCUT2D eigenvalue weighted by Gasteiger charge is 2.21. The van der Waals surface area contributed by atoms with E-state index in [-0.39, 0.29) is 44.6 Å². The first-order chi connectivity index (χ1) is 17.0. The lowest BCUT2D eigenvalue weighted by Gasteiger charge is -2.20. The zero-order valence-corrected chi connectivity index (χ0v) is 19.8. The average Bonchev–Trinajstić information content (AvgIpc) is 3.62. The van der Waals surface area contributed by atoms with E-state index < -0.39 is 11.8 Å². The first kappa shape index (κ1) is 24.2. The van der Waals surface area contributed by atoms with E-state index in [4.69, 9.17) is 18.6 Å². The number of nitrogens with zero attached hydrogens (tertiary/aromatic N) is 2. The highest BCUT2D eigenvalue weighted by molar-refractivity contribution is 7.13. The second kappa shape index (κ2) is 11.5. The van der Waals surface area contributed by atoms with Crippen LogP contribution in [0.5, 0.6) is 11.5 Å². The summed E-state index contributed by atoms with van der Waals surface area (Å²) < 4.78 is 20.8. The highest BCUT2D eigenvalue weighted by atomic mass is 32.1. The molecule has 35 heavy (non-hydrogen) atoms. The van der Waals surface area contributed by atoms with E-state index in [0.717, 1.165) is 5.56 Å². The zero-order valence-electron chi connectivity index (χ0n) is 18.9. The third-order valence-corrected chi connectivity index (χ3v) is 5.79. The molecule has 11 nitrogen and oxygen atoms in total. The fourth-order valence-corrected chi connectivity index (χ4v) is 3.99. The van der Waals surface area contributed by atoms with Crippen molar-refractivity contribution in [3.63, 3.8) is 0 Å². The molecule has 0 aliphatic carbocycles. The number of fused-ring (bicyclic) bond motifs is 1. The highest BCUT2D eigenvalue weighted by Crippen LogP contribution is 2.32. The number of aromatic nitrogens is 1. The summed E-state index contributed by atoms with van der Waals surface area (Å²) in [5.41, 5.74) is 1.41. The van der Waals surface area contributed by atoms with Gasteiger partial charge in [0.1, 0.15) is 6.54 Å². The average molecular weight is 501 g/mol. The number of hydrogen-bond acceptors (Lipinski definition) is 9. The predicted molar refractivity (Wildman–Crippen MR) is 125 cm³/mol. The Balaban J connectivity index is 1.26. The third-order valence-electron chi connectivity index (χ3n) is 4.99. The fraction of sp³-hybridized carbons (Fsp3) is 0.304. The first-order valence-corrected chi connectivity index (χ1v) is 11.6. The molecule has 1 aliphatic rings. The normalized spacial score (nSPS) is 11.8. The lowest BCUT2D eigenvalue weighted by atomic mass is 10.2. The Labute approximate surface area is 205 Å². The van der Waals surface area contributed by atoms with Gasteiger partial charge in [0.2, 0.25) is 18.6 Å². The molecule has 2 N–H and O–H groups in total. The Morgan fingerprint density at radius 3 is 2.83 bits per heavy atom. The van der Waals surface area contributed by atoms with Crippen LogP contribution in [0.2, 0.25) is 0 Å². The SMILES string of the molecule is COCCN(CC(=O)Nc1nc(CC(=O)NCc2ccc3c(c2)OCO3)cs1)C(=O)c1ccco1. The molecule has 184 valence electrons.